The smallest absolute Gasteiger partial charge is 0.0471 e. The van der Waals surface area contributed by atoms with Crippen LogP contribution in [-0.2, 0) is 0 Å². The van der Waals surface area contributed by atoms with Crippen molar-refractivity contribution in [3.63, 3.8) is 0 Å². The van der Waals surface area contributed by atoms with E-state index in [0.717, 1.165) is 5.92 Å². The number of hydrogen-bond acceptors (Lipinski definition) is 0. The summed E-state index contributed by atoms with van der Waals surface area (Å²) in [7, 11) is 0. The van der Waals surface area contributed by atoms with Gasteiger partial charge in [-0.3, -0.25) is 0 Å². The molecule has 0 saturated heterocycles. The van der Waals surface area contributed by atoms with Crippen molar-refractivity contribution < 1.29 is 0 Å². The van der Waals surface area contributed by atoms with Crippen LogP contribution in [0.2, 0.25) is 0 Å². The molecule has 0 amide bonds. The lowest BCUT2D eigenvalue weighted by molar-refractivity contribution is 0.550. The van der Waals surface area contributed by atoms with Crippen molar-refractivity contribution >= 4 is 0 Å². The van der Waals surface area contributed by atoms with Gasteiger partial charge in [-0.15, -0.1) is 0 Å². The second-order valence-electron chi connectivity index (χ2n) is 2.54. The fourth-order valence-electron chi connectivity index (χ4n) is 0.612. The first-order chi connectivity index (χ1) is 3.27. The zero-order valence-corrected chi connectivity index (χ0v) is 5.70. The van der Waals surface area contributed by atoms with E-state index in [2.05, 4.69) is 20.8 Å². The molecule has 0 aliphatic carbocycles. The van der Waals surface area contributed by atoms with Crippen LogP contribution in [0.15, 0.2) is 0 Å². The van der Waals surface area contributed by atoms with Crippen LogP contribution in [0, 0.1) is 5.92 Å². The van der Waals surface area contributed by atoms with Crippen LogP contribution in [0.5, 0.6) is 0 Å². The number of rotatable bonds is 3. The Morgan fingerprint density at radius 3 is 1.88 bits per heavy atom. The molecule has 0 spiro atoms. The van der Waals surface area contributed by atoms with Gasteiger partial charge in [0, 0.05) is 0 Å². The molecule has 0 radical (unpaired) electrons. The SMILES string of the molecule is C.CCCCC(C)C. The molecular formula is C8H20. The first kappa shape index (κ1) is 10.9. The first-order valence-corrected chi connectivity index (χ1v) is 3.27. The van der Waals surface area contributed by atoms with Gasteiger partial charge in [-0.2, -0.15) is 0 Å². The summed E-state index contributed by atoms with van der Waals surface area (Å²) in [6.45, 7) is 6.79. The van der Waals surface area contributed by atoms with Crippen LogP contribution >= 0.6 is 0 Å². The molecule has 0 aliphatic rings. The van der Waals surface area contributed by atoms with E-state index in [-0.39, 0.29) is 7.43 Å². The largest absolute Gasteiger partial charge is 0.0776 e. The Morgan fingerprint density at radius 2 is 1.75 bits per heavy atom. The van der Waals surface area contributed by atoms with E-state index >= 15 is 0 Å². The highest BCUT2D eigenvalue weighted by Gasteiger charge is 1.88. The molecule has 0 bridgehead atoms. The second-order valence-corrected chi connectivity index (χ2v) is 2.54. The van der Waals surface area contributed by atoms with Crippen molar-refractivity contribution in [3.8, 4) is 0 Å². The minimum Gasteiger partial charge on any atom is -0.0776 e. The summed E-state index contributed by atoms with van der Waals surface area (Å²) in [5, 5.41) is 0. The predicted molar refractivity (Wildman–Crippen MR) is 41.1 cm³/mol. The summed E-state index contributed by atoms with van der Waals surface area (Å²) in [6.07, 6.45) is 4.15. The third kappa shape index (κ3) is 9.38. The van der Waals surface area contributed by atoms with Gasteiger partial charge in [-0.05, 0) is 5.92 Å². The van der Waals surface area contributed by atoms with Crippen LogP contribution in [0.1, 0.15) is 47.5 Å². The summed E-state index contributed by atoms with van der Waals surface area (Å²) < 4.78 is 0. The van der Waals surface area contributed by atoms with Gasteiger partial charge >= 0.3 is 0 Å². The van der Waals surface area contributed by atoms with Gasteiger partial charge in [-0.25, -0.2) is 0 Å². The van der Waals surface area contributed by atoms with Gasteiger partial charge in [-0.1, -0.05) is 47.5 Å². The Labute approximate surface area is 54.3 Å². The molecule has 0 heterocycles. The zero-order chi connectivity index (χ0) is 5.70. The maximum atomic E-state index is 2.27. The molecule has 8 heavy (non-hydrogen) atoms. The predicted octanol–water partition coefficient (Wildman–Crippen LogP) is 3.47. The van der Waals surface area contributed by atoms with E-state index in [9.17, 15) is 0 Å². The molecule has 0 heteroatoms. The molecule has 0 N–H and O–H groups in total. The molecule has 0 rings (SSSR count). The van der Waals surface area contributed by atoms with Crippen molar-refractivity contribution in [3.05, 3.63) is 0 Å². The molecule has 0 unspecified atom stereocenters. The van der Waals surface area contributed by atoms with E-state index in [1.807, 2.05) is 0 Å². The molecule has 0 aromatic carbocycles. The molecule has 0 fully saturated rings. The maximum Gasteiger partial charge on any atom is -0.0471 e. The van der Waals surface area contributed by atoms with Crippen LogP contribution < -0.4 is 0 Å². The van der Waals surface area contributed by atoms with Crippen molar-refractivity contribution in [2.45, 2.75) is 47.5 Å². The van der Waals surface area contributed by atoms with Crippen molar-refractivity contribution in [2.24, 2.45) is 5.92 Å². The number of hydrogen-bond donors (Lipinski definition) is 0. The average Bonchev–Trinajstić information content (AvgIpc) is 1.61. The third-order valence-corrected chi connectivity index (χ3v) is 1.14. The summed E-state index contributed by atoms with van der Waals surface area (Å²) in [4.78, 5) is 0. The van der Waals surface area contributed by atoms with E-state index < -0.39 is 0 Å². The lowest BCUT2D eigenvalue weighted by atomic mass is 10.1. The Bertz CT molecular complexity index is 29.0. The van der Waals surface area contributed by atoms with Gasteiger partial charge in [0.05, 0.1) is 0 Å². The van der Waals surface area contributed by atoms with Crippen molar-refractivity contribution in [2.75, 3.05) is 0 Å². The lowest BCUT2D eigenvalue weighted by Crippen LogP contribution is -1.83. The van der Waals surface area contributed by atoms with Gasteiger partial charge < -0.3 is 0 Å². The second kappa shape index (κ2) is 7.00. The Kier molecular flexibility index (Phi) is 9.53. The molecule has 0 saturated carbocycles. The Balaban J connectivity index is 0. The fourth-order valence-corrected chi connectivity index (χ4v) is 0.612. The molecular weight excluding hydrogens is 96.1 g/mol. The molecule has 0 atom stereocenters. The topological polar surface area (TPSA) is 0 Å². The standard InChI is InChI=1S/C7H16.CH4/c1-4-5-6-7(2)3;/h7H,4-6H2,1-3H3;1H4. The summed E-state index contributed by atoms with van der Waals surface area (Å²) in [6, 6.07) is 0. The number of unbranched alkanes of at least 4 members (excludes halogenated alkanes) is 1. The monoisotopic (exact) mass is 116 g/mol. The van der Waals surface area contributed by atoms with Crippen molar-refractivity contribution in [1.82, 2.24) is 0 Å². The summed E-state index contributed by atoms with van der Waals surface area (Å²) in [5.41, 5.74) is 0. The van der Waals surface area contributed by atoms with Crippen LogP contribution in [-0.4, -0.2) is 0 Å². The molecule has 0 nitrogen and oxygen atoms in total. The molecule has 0 aromatic heterocycles. The van der Waals surface area contributed by atoms with E-state index in [4.69, 9.17) is 0 Å². The van der Waals surface area contributed by atoms with E-state index in [1.54, 1.807) is 0 Å². The minimum absolute atomic E-state index is 0. The quantitative estimate of drug-likeness (QED) is 0.529. The minimum atomic E-state index is 0. The van der Waals surface area contributed by atoms with Gasteiger partial charge in [0.1, 0.15) is 0 Å². The van der Waals surface area contributed by atoms with Gasteiger partial charge in [0.25, 0.3) is 0 Å². The van der Waals surface area contributed by atoms with Crippen LogP contribution in [0.25, 0.3) is 0 Å². The third-order valence-electron chi connectivity index (χ3n) is 1.14. The average molecular weight is 116 g/mol. The normalized spacial score (nSPS) is 9.00. The highest BCUT2D eigenvalue weighted by Crippen LogP contribution is 2.04. The lowest BCUT2D eigenvalue weighted by Gasteiger charge is -1.98. The van der Waals surface area contributed by atoms with Crippen LogP contribution in [0.3, 0.4) is 0 Å². The maximum absolute atomic E-state index is 2.27. The van der Waals surface area contributed by atoms with Crippen molar-refractivity contribution in [1.29, 1.82) is 0 Å². The molecule has 52 valence electrons. The molecule has 0 aliphatic heterocycles. The fraction of sp³-hybridized carbons (Fsp3) is 1.00. The van der Waals surface area contributed by atoms with Crippen LogP contribution in [0.4, 0.5) is 0 Å². The first-order valence-electron chi connectivity index (χ1n) is 3.27. The van der Waals surface area contributed by atoms with Gasteiger partial charge in [0.15, 0.2) is 0 Å². The molecule has 0 aromatic rings. The summed E-state index contributed by atoms with van der Waals surface area (Å²) >= 11 is 0. The Hall–Kier alpha value is 0. The van der Waals surface area contributed by atoms with Gasteiger partial charge in [0.2, 0.25) is 0 Å². The highest BCUT2D eigenvalue weighted by atomic mass is 13.9. The van der Waals surface area contributed by atoms with E-state index in [1.165, 1.54) is 19.3 Å². The van der Waals surface area contributed by atoms with E-state index in [0.29, 0.717) is 0 Å². The zero-order valence-electron chi connectivity index (χ0n) is 5.70. The summed E-state index contributed by atoms with van der Waals surface area (Å²) in [5.74, 6) is 0.903. The Morgan fingerprint density at radius 1 is 1.25 bits per heavy atom. The highest BCUT2D eigenvalue weighted by molar-refractivity contribution is 4.42.